The van der Waals surface area contributed by atoms with Crippen molar-refractivity contribution in [2.45, 2.75) is 79.6 Å². The molecule has 0 spiro atoms. The van der Waals surface area contributed by atoms with E-state index in [0.717, 1.165) is 24.8 Å². The molecule has 0 amide bonds. The van der Waals surface area contributed by atoms with E-state index >= 15 is 0 Å². The predicted octanol–water partition coefficient (Wildman–Crippen LogP) is 6.66. The van der Waals surface area contributed by atoms with E-state index in [-0.39, 0.29) is 10.8 Å². The average Bonchev–Trinajstić information content (AvgIpc) is 2.64. The number of hydrogen-bond acceptors (Lipinski definition) is 2. The molecule has 0 aliphatic heterocycles. The van der Waals surface area contributed by atoms with E-state index in [1.165, 1.54) is 22.3 Å². The Hall–Kier alpha value is -2.09. The molecule has 0 aliphatic carbocycles. The molecule has 2 aromatic carbocycles. The van der Waals surface area contributed by atoms with Gasteiger partial charge in [0.2, 0.25) is 0 Å². The molecule has 2 aromatic rings. The van der Waals surface area contributed by atoms with Crippen molar-refractivity contribution in [1.82, 2.24) is 0 Å². The summed E-state index contributed by atoms with van der Waals surface area (Å²) >= 11 is 0. The topological polar surface area (TPSA) is 37.3 Å². The van der Waals surface area contributed by atoms with Crippen LogP contribution in [0.5, 0.6) is 5.75 Å². The highest BCUT2D eigenvalue weighted by Gasteiger charge is 2.31. The van der Waals surface area contributed by atoms with Gasteiger partial charge in [0, 0.05) is 17.3 Å². The molecule has 2 rings (SSSR count). The van der Waals surface area contributed by atoms with Gasteiger partial charge in [-0.2, -0.15) is 0 Å². The van der Waals surface area contributed by atoms with E-state index in [1.54, 1.807) is 0 Å². The Balaban J connectivity index is 2.37. The van der Waals surface area contributed by atoms with Crippen LogP contribution in [0.25, 0.3) is 0 Å². The maximum atomic E-state index is 12.3. The summed E-state index contributed by atoms with van der Waals surface area (Å²) in [5.41, 5.74) is 5.64. The van der Waals surface area contributed by atoms with E-state index < -0.39 is 0 Å². The van der Waals surface area contributed by atoms with Crippen molar-refractivity contribution in [1.29, 1.82) is 0 Å². The van der Waals surface area contributed by atoms with Gasteiger partial charge in [0.1, 0.15) is 11.5 Å². The van der Waals surface area contributed by atoms with Gasteiger partial charge in [-0.1, -0.05) is 65.0 Å². The lowest BCUT2D eigenvalue weighted by Gasteiger charge is -2.34. The second-order valence-electron chi connectivity index (χ2n) is 9.10. The van der Waals surface area contributed by atoms with Gasteiger partial charge in [-0.25, -0.2) is 0 Å². The van der Waals surface area contributed by atoms with Gasteiger partial charge in [0.05, 0.1) is 0 Å². The number of phenols is 1. The number of aryl methyl sites for hydroxylation is 3. The molecule has 0 unspecified atom stereocenters. The third-order valence-corrected chi connectivity index (χ3v) is 6.31. The van der Waals surface area contributed by atoms with Gasteiger partial charge in [-0.3, -0.25) is 4.79 Å². The van der Waals surface area contributed by atoms with Crippen LogP contribution in [-0.4, -0.2) is 10.9 Å². The maximum absolute atomic E-state index is 12.3. The van der Waals surface area contributed by atoms with Crippen LogP contribution in [0, 0.1) is 19.3 Å². The SMILES string of the molecule is CCC(CC)(c1ccc(O)c(C)c1)c1ccc(CCC(=O)C(C)(C)C)c(C)c1. The van der Waals surface area contributed by atoms with Gasteiger partial charge in [0.25, 0.3) is 0 Å². The summed E-state index contributed by atoms with van der Waals surface area (Å²) in [6.45, 7) is 14.5. The lowest BCUT2D eigenvalue weighted by Crippen LogP contribution is -2.26. The van der Waals surface area contributed by atoms with E-state index in [2.05, 4.69) is 51.1 Å². The summed E-state index contributed by atoms with van der Waals surface area (Å²) in [4.78, 5) is 12.3. The van der Waals surface area contributed by atoms with Crippen molar-refractivity contribution >= 4 is 5.78 Å². The van der Waals surface area contributed by atoms with Crippen LogP contribution in [0.15, 0.2) is 36.4 Å². The van der Waals surface area contributed by atoms with Gasteiger partial charge in [-0.15, -0.1) is 0 Å². The zero-order valence-electron chi connectivity index (χ0n) is 18.6. The quantitative estimate of drug-likeness (QED) is 0.583. The van der Waals surface area contributed by atoms with Crippen LogP contribution in [0.2, 0.25) is 0 Å². The number of carbonyl (C=O) groups is 1. The van der Waals surface area contributed by atoms with Gasteiger partial charge >= 0.3 is 0 Å². The van der Waals surface area contributed by atoms with Crippen LogP contribution >= 0.6 is 0 Å². The average molecular weight is 381 g/mol. The Morgan fingerprint density at radius 1 is 0.893 bits per heavy atom. The maximum Gasteiger partial charge on any atom is 0.138 e. The van der Waals surface area contributed by atoms with Crippen molar-refractivity contribution in [3.63, 3.8) is 0 Å². The van der Waals surface area contributed by atoms with Crippen molar-refractivity contribution in [3.05, 3.63) is 64.2 Å². The molecule has 2 nitrogen and oxygen atoms in total. The van der Waals surface area contributed by atoms with Crippen molar-refractivity contribution in [3.8, 4) is 5.75 Å². The molecule has 0 atom stereocenters. The van der Waals surface area contributed by atoms with Crippen molar-refractivity contribution < 1.29 is 9.90 Å². The number of rotatable bonds is 7. The molecule has 0 bridgehead atoms. The standard InChI is InChI=1S/C26H36O2/c1-8-26(9-2,22-13-14-23(27)19(4)17-22)21-12-10-20(18(3)16-21)11-15-24(28)25(5,6)7/h10,12-14,16-17,27H,8-9,11,15H2,1-7H3. The minimum atomic E-state index is -0.274. The molecular weight excluding hydrogens is 344 g/mol. The number of aromatic hydroxyl groups is 1. The number of Topliss-reactive ketones (excluding diaryl/α,β-unsaturated/α-hetero) is 1. The number of carbonyl (C=O) groups excluding carboxylic acids is 1. The van der Waals surface area contributed by atoms with E-state index in [9.17, 15) is 9.90 Å². The molecule has 0 fully saturated rings. The van der Waals surface area contributed by atoms with E-state index in [4.69, 9.17) is 0 Å². The third kappa shape index (κ3) is 4.48. The summed E-state index contributed by atoms with van der Waals surface area (Å²) < 4.78 is 0. The zero-order valence-corrected chi connectivity index (χ0v) is 18.6. The number of phenolic OH excluding ortho intramolecular Hbond substituents is 1. The first-order valence-corrected chi connectivity index (χ1v) is 10.5. The van der Waals surface area contributed by atoms with Crippen LogP contribution in [0.1, 0.15) is 81.7 Å². The fourth-order valence-electron chi connectivity index (χ4n) is 4.08. The number of hydrogen-bond donors (Lipinski definition) is 1. The minimum absolute atomic E-state index is 0.0665. The molecule has 0 saturated heterocycles. The molecule has 28 heavy (non-hydrogen) atoms. The molecule has 0 aromatic heterocycles. The lowest BCUT2D eigenvalue weighted by molar-refractivity contribution is -0.126. The second kappa shape index (κ2) is 8.51. The predicted molar refractivity (Wildman–Crippen MR) is 118 cm³/mol. The van der Waals surface area contributed by atoms with E-state index in [1.807, 2.05) is 33.8 Å². The smallest absolute Gasteiger partial charge is 0.138 e. The van der Waals surface area contributed by atoms with Gasteiger partial charge in [0.15, 0.2) is 0 Å². The summed E-state index contributed by atoms with van der Waals surface area (Å²) in [6, 6.07) is 12.7. The molecule has 0 saturated carbocycles. The van der Waals surface area contributed by atoms with Gasteiger partial charge < -0.3 is 5.11 Å². The monoisotopic (exact) mass is 380 g/mol. The lowest BCUT2D eigenvalue weighted by atomic mass is 9.69. The Bertz CT molecular complexity index is 836. The highest BCUT2D eigenvalue weighted by Crippen LogP contribution is 2.40. The Morgan fingerprint density at radius 2 is 1.43 bits per heavy atom. The Kier molecular flexibility index (Phi) is 6.75. The normalized spacial score (nSPS) is 12.2. The van der Waals surface area contributed by atoms with Crippen molar-refractivity contribution in [2.24, 2.45) is 5.41 Å². The Labute approximate surface area is 171 Å². The second-order valence-corrected chi connectivity index (χ2v) is 9.10. The van der Waals surface area contributed by atoms with E-state index in [0.29, 0.717) is 18.0 Å². The van der Waals surface area contributed by atoms with Gasteiger partial charge in [-0.05, 0) is 67.0 Å². The first-order valence-electron chi connectivity index (χ1n) is 10.5. The Morgan fingerprint density at radius 3 is 1.89 bits per heavy atom. The first kappa shape index (κ1) is 22.2. The summed E-state index contributed by atoms with van der Waals surface area (Å²) in [5, 5.41) is 9.94. The fourth-order valence-corrected chi connectivity index (χ4v) is 4.08. The number of ketones is 1. The first-order chi connectivity index (χ1) is 13.0. The molecule has 152 valence electrons. The molecule has 2 heteroatoms. The molecule has 0 radical (unpaired) electrons. The summed E-state index contributed by atoms with van der Waals surface area (Å²) in [6.07, 6.45) is 3.38. The summed E-state index contributed by atoms with van der Waals surface area (Å²) in [5.74, 6) is 0.659. The van der Waals surface area contributed by atoms with Crippen LogP contribution in [0.3, 0.4) is 0 Å². The third-order valence-electron chi connectivity index (χ3n) is 6.31. The molecule has 0 heterocycles. The fraction of sp³-hybridized carbons (Fsp3) is 0.500. The molecule has 1 N–H and O–H groups in total. The highest BCUT2D eigenvalue weighted by atomic mass is 16.3. The molecular formula is C26H36O2. The van der Waals surface area contributed by atoms with Crippen LogP contribution < -0.4 is 0 Å². The van der Waals surface area contributed by atoms with Crippen molar-refractivity contribution in [2.75, 3.05) is 0 Å². The largest absolute Gasteiger partial charge is 0.508 e. The van der Waals surface area contributed by atoms with Crippen LogP contribution in [0.4, 0.5) is 0 Å². The number of benzene rings is 2. The zero-order chi connectivity index (χ0) is 21.1. The minimum Gasteiger partial charge on any atom is -0.508 e. The van der Waals surface area contributed by atoms with Crippen LogP contribution in [-0.2, 0) is 16.6 Å². The highest BCUT2D eigenvalue weighted by molar-refractivity contribution is 5.83. The summed E-state index contributed by atoms with van der Waals surface area (Å²) in [7, 11) is 0. The molecule has 0 aliphatic rings.